The van der Waals surface area contributed by atoms with Gasteiger partial charge in [-0.2, -0.15) is 0 Å². The van der Waals surface area contributed by atoms with Crippen molar-refractivity contribution in [1.29, 1.82) is 0 Å². The molecule has 0 bridgehead atoms. The van der Waals surface area contributed by atoms with Crippen LogP contribution in [0.15, 0.2) is 34.8 Å². The first-order valence-corrected chi connectivity index (χ1v) is 9.19. The molecule has 1 saturated heterocycles. The van der Waals surface area contributed by atoms with Gasteiger partial charge in [-0.1, -0.05) is 36.1 Å². The van der Waals surface area contributed by atoms with Crippen molar-refractivity contribution in [3.05, 3.63) is 40.3 Å². The van der Waals surface area contributed by atoms with Crippen LogP contribution in [-0.2, 0) is 9.59 Å². The van der Waals surface area contributed by atoms with Gasteiger partial charge in [0, 0.05) is 18.5 Å². The van der Waals surface area contributed by atoms with Crippen molar-refractivity contribution in [3.8, 4) is 11.5 Å². The molecule has 1 aromatic carbocycles. The molecule has 1 amide bonds. The summed E-state index contributed by atoms with van der Waals surface area (Å²) in [5, 5.41) is 8.72. The predicted octanol–water partition coefficient (Wildman–Crippen LogP) is 3.08. The average molecular weight is 391 g/mol. The Morgan fingerprint density at radius 3 is 3.04 bits per heavy atom. The fourth-order valence-electron chi connectivity index (χ4n) is 2.69. The summed E-state index contributed by atoms with van der Waals surface area (Å²) in [7, 11) is 1.59. The zero-order valence-corrected chi connectivity index (χ0v) is 15.7. The van der Waals surface area contributed by atoms with Gasteiger partial charge in [0.25, 0.3) is 5.91 Å². The molecule has 0 spiro atoms. The first-order chi connectivity index (χ1) is 12.5. The maximum Gasteiger partial charge on any atom is 0.303 e. The summed E-state index contributed by atoms with van der Waals surface area (Å²) in [6, 6.07) is 5.63. The third-order valence-electron chi connectivity index (χ3n) is 3.92. The van der Waals surface area contributed by atoms with Gasteiger partial charge in [0.15, 0.2) is 11.5 Å². The molecule has 0 radical (unpaired) electrons. The second-order valence-corrected chi connectivity index (χ2v) is 7.39. The number of carbonyl (C=O) groups excluding carboxylic acids is 1. The summed E-state index contributed by atoms with van der Waals surface area (Å²) in [5.74, 6) is 0.281. The highest BCUT2D eigenvalue weighted by Gasteiger charge is 2.32. The molecule has 8 heteroatoms. The standard InChI is InChI=1S/C18H17NO5S2/c1-23-13-5-2-4-12-8-11(10-24-16(12)13)9-14-17(22)19(18(25)26-14)7-3-6-15(20)21/h2,4-5,8-9H,3,6-7,10H2,1H3,(H,20,21). The van der Waals surface area contributed by atoms with Crippen LogP contribution in [0.4, 0.5) is 0 Å². The summed E-state index contributed by atoms with van der Waals surface area (Å²) in [5.41, 5.74) is 1.75. The number of ether oxygens (including phenoxy) is 2. The van der Waals surface area contributed by atoms with Gasteiger partial charge in [-0.25, -0.2) is 0 Å². The van der Waals surface area contributed by atoms with Crippen molar-refractivity contribution in [1.82, 2.24) is 4.90 Å². The van der Waals surface area contributed by atoms with E-state index in [4.69, 9.17) is 26.8 Å². The Bertz CT molecular complexity index is 831. The Kier molecular flexibility index (Phi) is 5.63. The molecule has 6 nitrogen and oxygen atoms in total. The number of benzene rings is 1. The number of rotatable bonds is 6. The van der Waals surface area contributed by atoms with E-state index in [2.05, 4.69) is 0 Å². The van der Waals surface area contributed by atoms with Crippen molar-refractivity contribution in [2.45, 2.75) is 12.8 Å². The number of nitrogens with zero attached hydrogens (tertiary/aromatic N) is 1. The first kappa shape index (κ1) is 18.5. The number of thioether (sulfide) groups is 1. The van der Waals surface area contributed by atoms with E-state index in [9.17, 15) is 9.59 Å². The lowest BCUT2D eigenvalue weighted by Gasteiger charge is -2.18. The van der Waals surface area contributed by atoms with Crippen LogP contribution in [0.2, 0.25) is 0 Å². The Morgan fingerprint density at radius 2 is 2.31 bits per heavy atom. The van der Waals surface area contributed by atoms with Gasteiger partial charge in [-0.15, -0.1) is 0 Å². The molecule has 2 aliphatic heterocycles. The van der Waals surface area contributed by atoms with Gasteiger partial charge in [-0.3, -0.25) is 14.5 Å². The van der Waals surface area contributed by atoms with Crippen LogP contribution in [0.1, 0.15) is 18.4 Å². The molecule has 1 N–H and O–H groups in total. The summed E-state index contributed by atoms with van der Waals surface area (Å²) in [6.07, 6.45) is 4.11. The van der Waals surface area contributed by atoms with E-state index in [1.165, 1.54) is 16.7 Å². The highest BCUT2D eigenvalue weighted by molar-refractivity contribution is 8.26. The number of hydrogen-bond donors (Lipinski definition) is 1. The minimum Gasteiger partial charge on any atom is -0.493 e. The van der Waals surface area contributed by atoms with Crippen LogP contribution in [-0.4, -0.2) is 46.5 Å². The van der Waals surface area contributed by atoms with E-state index in [0.29, 0.717) is 40.3 Å². The molecule has 0 unspecified atom stereocenters. The lowest BCUT2D eigenvalue weighted by molar-refractivity contribution is -0.137. The maximum atomic E-state index is 12.5. The third-order valence-corrected chi connectivity index (χ3v) is 5.29. The fourth-order valence-corrected chi connectivity index (χ4v) is 4.02. The normalized spacial score (nSPS) is 17.8. The number of aliphatic carboxylic acids is 1. The van der Waals surface area contributed by atoms with Crippen LogP contribution in [0.25, 0.3) is 6.08 Å². The summed E-state index contributed by atoms with van der Waals surface area (Å²) in [4.78, 5) is 25.1. The van der Waals surface area contributed by atoms with Gasteiger partial charge in [0.05, 0.1) is 12.0 Å². The van der Waals surface area contributed by atoms with Crippen LogP contribution in [0.5, 0.6) is 11.5 Å². The summed E-state index contributed by atoms with van der Waals surface area (Å²) in [6.45, 7) is 0.639. The van der Waals surface area contributed by atoms with Crippen molar-refractivity contribution < 1.29 is 24.2 Å². The molecule has 2 heterocycles. The molecule has 26 heavy (non-hydrogen) atoms. The van der Waals surface area contributed by atoms with E-state index >= 15 is 0 Å². The third kappa shape index (κ3) is 3.91. The highest BCUT2D eigenvalue weighted by atomic mass is 32.2. The number of methoxy groups -OCH3 is 1. The van der Waals surface area contributed by atoms with Gasteiger partial charge >= 0.3 is 5.97 Å². The van der Waals surface area contributed by atoms with E-state index < -0.39 is 5.97 Å². The van der Waals surface area contributed by atoms with Crippen LogP contribution in [0.3, 0.4) is 0 Å². The monoisotopic (exact) mass is 391 g/mol. The second-order valence-electron chi connectivity index (χ2n) is 5.72. The van der Waals surface area contributed by atoms with Crippen molar-refractivity contribution in [2.75, 3.05) is 20.3 Å². The van der Waals surface area contributed by atoms with Gasteiger partial charge < -0.3 is 14.6 Å². The van der Waals surface area contributed by atoms with Gasteiger partial charge in [0.1, 0.15) is 10.9 Å². The number of para-hydroxylation sites is 1. The number of carbonyl (C=O) groups is 2. The Hall–Kier alpha value is -2.32. The molecule has 2 aliphatic rings. The van der Waals surface area contributed by atoms with Crippen LogP contribution >= 0.6 is 24.0 Å². The molecule has 1 aromatic rings. The van der Waals surface area contributed by atoms with Crippen LogP contribution < -0.4 is 9.47 Å². The number of amides is 1. The van der Waals surface area contributed by atoms with E-state index in [-0.39, 0.29) is 12.3 Å². The van der Waals surface area contributed by atoms with E-state index in [0.717, 1.165) is 11.1 Å². The molecule has 0 atom stereocenters. The first-order valence-electron chi connectivity index (χ1n) is 7.97. The number of thiocarbonyl (C=S) groups is 1. The molecular formula is C18H17NO5S2. The Labute approximate surface area is 160 Å². The quantitative estimate of drug-likeness (QED) is 0.590. The Balaban J connectivity index is 1.76. The fraction of sp³-hybridized carbons (Fsp3) is 0.278. The maximum absolute atomic E-state index is 12.5. The SMILES string of the molecule is COc1cccc2c1OCC(C=C1SC(=S)N(CCCC(=O)O)C1=O)=C2. The van der Waals surface area contributed by atoms with Crippen molar-refractivity contribution in [2.24, 2.45) is 0 Å². The largest absolute Gasteiger partial charge is 0.493 e. The zero-order valence-electron chi connectivity index (χ0n) is 14.1. The second kappa shape index (κ2) is 7.92. The predicted molar refractivity (Wildman–Crippen MR) is 103 cm³/mol. The molecule has 1 fully saturated rings. The minimum absolute atomic E-state index is 0.00766. The van der Waals surface area contributed by atoms with Crippen molar-refractivity contribution in [3.63, 3.8) is 0 Å². The molecule has 0 saturated carbocycles. The number of carboxylic acid groups (broad SMARTS) is 1. The lowest BCUT2D eigenvalue weighted by atomic mass is 10.1. The lowest BCUT2D eigenvalue weighted by Crippen LogP contribution is -2.29. The molecule has 0 aliphatic carbocycles. The minimum atomic E-state index is -0.885. The molecule has 0 aromatic heterocycles. The zero-order chi connectivity index (χ0) is 18.7. The Morgan fingerprint density at radius 1 is 1.50 bits per heavy atom. The highest BCUT2D eigenvalue weighted by Crippen LogP contribution is 2.37. The number of hydrogen-bond acceptors (Lipinski definition) is 6. The smallest absolute Gasteiger partial charge is 0.303 e. The molecule has 136 valence electrons. The van der Waals surface area contributed by atoms with E-state index in [1.807, 2.05) is 24.3 Å². The summed E-state index contributed by atoms with van der Waals surface area (Å²) >= 11 is 6.47. The van der Waals surface area contributed by atoms with Gasteiger partial charge in [0.2, 0.25) is 0 Å². The molecule has 3 rings (SSSR count). The molecular weight excluding hydrogens is 374 g/mol. The van der Waals surface area contributed by atoms with Crippen molar-refractivity contribution >= 4 is 46.3 Å². The number of fused-ring (bicyclic) bond motifs is 1. The van der Waals surface area contributed by atoms with Gasteiger partial charge in [-0.05, 0) is 30.2 Å². The summed E-state index contributed by atoms with van der Waals surface area (Å²) < 4.78 is 11.5. The topological polar surface area (TPSA) is 76.1 Å². The number of carboxylic acids is 1. The van der Waals surface area contributed by atoms with Crippen LogP contribution in [0, 0.1) is 0 Å². The average Bonchev–Trinajstić information content (AvgIpc) is 2.88. The van der Waals surface area contributed by atoms with E-state index in [1.54, 1.807) is 13.2 Å².